The summed E-state index contributed by atoms with van der Waals surface area (Å²) in [5.74, 6) is -1.01. The second kappa shape index (κ2) is 11.6. The van der Waals surface area contributed by atoms with Crippen LogP contribution in [-0.2, 0) is 14.3 Å². The molecular weight excluding hydrogens is 421 g/mol. The quantitative estimate of drug-likeness (QED) is 0.356. The van der Waals surface area contributed by atoms with Gasteiger partial charge in [0.1, 0.15) is 11.1 Å². The third kappa shape index (κ3) is 7.27. The van der Waals surface area contributed by atoms with Crippen LogP contribution in [0.3, 0.4) is 0 Å². The lowest BCUT2D eigenvalue weighted by molar-refractivity contribution is -0.147. The third-order valence-corrected chi connectivity index (χ3v) is 5.97. The van der Waals surface area contributed by atoms with Gasteiger partial charge >= 0.3 is 5.97 Å². The number of rotatable bonds is 10. The molecule has 0 aliphatic heterocycles. The molecular formula is C19H27BrFNO3S. The molecule has 0 aromatic heterocycles. The zero-order valence-electron chi connectivity index (χ0n) is 15.7. The molecule has 7 heteroatoms. The maximum Gasteiger partial charge on any atom is 0.319 e. The van der Waals surface area contributed by atoms with Gasteiger partial charge in [-0.3, -0.25) is 9.59 Å². The van der Waals surface area contributed by atoms with Crippen LogP contribution in [0.5, 0.6) is 0 Å². The monoisotopic (exact) mass is 447 g/mol. The fraction of sp³-hybridized carbons (Fsp3) is 0.579. The summed E-state index contributed by atoms with van der Waals surface area (Å²) in [7, 11) is 0. The van der Waals surface area contributed by atoms with Crippen LogP contribution < -0.4 is 5.32 Å². The summed E-state index contributed by atoms with van der Waals surface area (Å²) < 4.78 is 20.2. The molecule has 0 saturated carbocycles. The molecule has 4 nitrogen and oxygen atoms in total. The van der Waals surface area contributed by atoms with Crippen molar-refractivity contribution in [1.82, 2.24) is 0 Å². The number of hydrogen-bond acceptors (Lipinski definition) is 4. The Bertz CT molecular complexity index is 627. The molecule has 1 amide bonds. The first-order valence-electron chi connectivity index (χ1n) is 8.98. The minimum absolute atomic E-state index is 0.125. The maximum atomic E-state index is 14.1. The number of nitrogens with one attached hydrogen (secondary N) is 1. The second-order valence-corrected chi connectivity index (χ2v) is 8.21. The number of halogens is 2. The summed E-state index contributed by atoms with van der Waals surface area (Å²) in [5, 5.41) is 2.21. The van der Waals surface area contributed by atoms with E-state index in [4.69, 9.17) is 4.74 Å². The molecule has 0 heterocycles. The first-order chi connectivity index (χ1) is 12.3. The van der Waals surface area contributed by atoms with Gasteiger partial charge < -0.3 is 10.1 Å². The van der Waals surface area contributed by atoms with E-state index in [0.717, 1.165) is 12.8 Å². The Morgan fingerprint density at radius 3 is 2.54 bits per heavy atom. The summed E-state index contributed by atoms with van der Waals surface area (Å²) in [6, 6.07) is 2.88. The summed E-state index contributed by atoms with van der Waals surface area (Å²) >= 11 is 4.67. The average Bonchev–Trinajstić information content (AvgIpc) is 2.58. The van der Waals surface area contributed by atoms with Crippen molar-refractivity contribution in [1.29, 1.82) is 0 Å². The van der Waals surface area contributed by atoms with Crippen molar-refractivity contribution in [2.45, 2.75) is 76.0 Å². The Balaban J connectivity index is 3.00. The highest BCUT2D eigenvalue weighted by molar-refractivity contribution is 9.10. The number of thioether (sulfide) groups is 1. The van der Waals surface area contributed by atoms with Gasteiger partial charge in [0.15, 0.2) is 0 Å². The topological polar surface area (TPSA) is 55.4 Å². The van der Waals surface area contributed by atoms with Gasteiger partial charge in [0.05, 0.1) is 11.8 Å². The minimum atomic E-state index is -0.514. The fourth-order valence-electron chi connectivity index (χ4n) is 2.15. The van der Waals surface area contributed by atoms with E-state index in [1.807, 2.05) is 27.7 Å². The molecule has 0 radical (unpaired) electrons. The van der Waals surface area contributed by atoms with Gasteiger partial charge in [-0.2, -0.15) is 0 Å². The highest BCUT2D eigenvalue weighted by Crippen LogP contribution is 2.36. The third-order valence-electron chi connectivity index (χ3n) is 3.75. The normalized spacial score (nSPS) is 13.2. The highest BCUT2D eigenvalue weighted by atomic mass is 79.9. The molecule has 0 fully saturated rings. The van der Waals surface area contributed by atoms with E-state index < -0.39 is 5.82 Å². The van der Waals surface area contributed by atoms with Gasteiger partial charge in [0.2, 0.25) is 5.91 Å². The Labute approximate surface area is 167 Å². The minimum Gasteiger partial charge on any atom is -0.462 e. The molecule has 146 valence electrons. The van der Waals surface area contributed by atoms with Gasteiger partial charge in [-0.1, -0.05) is 27.2 Å². The van der Waals surface area contributed by atoms with Crippen molar-refractivity contribution in [2.24, 2.45) is 0 Å². The zero-order valence-corrected chi connectivity index (χ0v) is 18.1. The molecule has 0 aliphatic rings. The predicted molar refractivity (Wildman–Crippen MR) is 108 cm³/mol. The number of carbonyl (C=O) groups excluding carboxylic acids is 2. The van der Waals surface area contributed by atoms with E-state index in [1.54, 1.807) is 6.07 Å². The van der Waals surface area contributed by atoms with E-state index in [-0.39, 0.29) is 28.9 Å². The number of esters is 1. The van der Waals surface area contributed by atoms with E-state index >= 15 is 0 Å². The first kappa shape index (κ1) is 23.0. The van der Waals surface area contributed by atoms with Gasteiger partial charge in [0, 0.05) is 15.8 Å². The molecule has 2 atom stereocenters. The van der Waals surface area contributed by atoms with Crippen LogP contribution in [0.25, 0.3) is 0 Å². The number of benzene rings is 1. The van der Waals surface area contributed by atoms with Crippen LogP contribution in [0.15, 0.2) is 21.5 Å². The van der Waals surface area contributed by atoms with Gasteiger partial charge in [-0.15, -0.1) is 11.8 Å². The number of hydrogen-bond donors (Lipinski definition) is 1. The lowest BCUT2D eigenvalue weighted by Gasteiger charge is -2.19. The van der Waals surface area contributed by atoms with Gasteiger partial charge in [-0.05, 0) is 54.2 Å². The first-order valence-corrected chi connectivity index (χ1v) is 10.7. The van der Waals surface area contributed by atoms with E-state index in [2.05, 4.69) is 21.2 Å². The van der Waals surface area contributed by atoms with E-state index in [9.17, 15) is 14.0 Å². The predicted octanol–water partition coefficient (Wildman–Crippen LogP) is 5.93. The lowest BCUT2D eigenvalue weighted by Crippen LogP contribution is -2.24. The van der Waals surface area contributed by atoms with Crippen LogP contribution in [0.2, 0.25) is 0 Å². The van der Waals surface area contributed by atoms with Crippen molar-refractivity contribution in [3.8, 4) is 0 Å². The fourth-order valence-corrected chi connectivity index (χ4v) is 3.92. The number of ether oxygens (including phenoxy) is 1. The van der Waals surface area contributed by atoms with Gasteiger partial charge in [-0.25, -0.2) is 4.39 Å². The van der Waals surface area contributed by atoms with Crippen molar-refractivity contribution in [3.05, 3.63) is 22.4 Å². The van der Waals surface area contributed by atoms with Crippen molar-refractivity contribution >= 4 is 45.3 Å². The van der Waals surface area contributed by atoms with Crippen molar-refractivity contribution in [2.75, 3.05) is 5.32 Å². The highest BCUT2D eigenvalue weighted by Gasteiger charge is 2.24. The average molecular weight is 448 g/mol. The largest absolute Gasteiger partial charge is 0.462 e. The standard InChI is InChI=1S/C19H27BrFNO3S/c1-5-8-16(19(24)25-12(4)7-3)26-17-11-15(14(21)10-13(17)20)22-18(23)9-6-2/h10-12,16H,5-9H2,1-4H3,(H,22,23). The SMILES string of the molecule is CCCC(=O)Nc1cc(SC(CCC)C(=O)OC(C)CC)c(Br)cc1F. The number of amides is 1. The molecule has 0 aliphatic carbocycles. The van der Waals surface area contributed by atoms with E-state index in [0.29, 0.717) is 28.6 Å². The van der Waals surface area contributed by atoms with Crippen molar-refractivity contribution in [3.63, 3.8) is 0 Å². The molecule has 1 aromatic carbocycles. The summed E-state index contributed by atoms with van der Waals surface area (Å²) in [4.78, 5) is 24.9. The lowest BCUT2D eigenvalue weighted by atomic mass is 10.2. The molecule has 0 spiro atoms. The maximum absolute atomic E-state index is 14.1. The molecule has 2 unspecified atom stereocenters. The molecule has 0 saturated heterocycles. The molecule has 1 N–H and O–H groups in total. The second-order valence-electron chi connectivity index (χ2n) is 6.11. The summed E-state index contributed by atoms with van der Waals surface area (Å²) in [5.41, 5.74) is 0.125. The van der Waals surface area contributed by atoms with Crippen LogP contribution in [0.1, 0.15) is 59.8 Å². The summed E-state index contributed by atoms with van der Waals surface area (Å²) in [6.45, 7) is 7.71. The Kier molecular flexibility index (Phi) is 10.2. The molecule has 1 rings (SSSR count). The number of carbonyl (C=O) groups is 2. The Hall–Kier alpha value is -1.08. The van der Waals surface area contributed by atoms with E-state index in [1.165, 1.54) is 17.8 Å². The molecule has 26 heavy (non-hydrogen) atoms. The Morgan fingerprint density at radius 1 is 1.27 bits per heavy atom. The Morgan fingerprint density at radius 2 is 1.96 bits per heavy atom. The smallest absolute Gasteiger partial charge is 0.319 e. The summed E-state index contributed by atoms with van der Waals surface area (Å²) in [6.07, 6.45) is 3.11. The molecule has 1 aromatic rings. The van der Waals surface area contributed by atoms with Crippen LogP contribution in [0, 0.1) is 5.82 Å². The zero-order chi connectivity index (χ0) is 19.7. The molecule has 0 bridgehead atoms. The number of anilines is 1. The van der Waals surface area contributed by atoms with Crippen molar-refractivity contribution < 1.29 is 18.7 Å². The van der Waals surface area contributed by atoms with Gasteiger partial charge in [0.25, 0.3) is 0 Å². The van der Waals surface area contributed by atoms with Crippen LogP contribution in [0.4, 0.5) is 10.1 Å². The van der Waals surface area contributed by atoms with Crippen LogP contribution >= 0.6 is 27.7 Å². The van der Waals surface area contributed by atoms with Crippen LogP contribution in [-0.4, -0.2) is 23.2 Å².